The molecule has 1 aliphatic carbocycles. The predicted molar refractivity (Wildman–Crippen MR) is 116 cm³/mol. The molecule has 3 aliphatic rings. The van der Waals surface area contributed by atoms with Gasteiger partial charge in [0.15, 0.2) is 11.6 Å². The van der Waals surface area contributed by atoms with E-state index in [1.54, 1.807) is 24.0 Å². The van der Waals surface area contributed by atoms with Gasteiger partial charge in [-0.1, -0.05) is 0 Å². The molecule has 35 heavy (non-hydrogen) atoms. The molecule has 2 bridgehead atoms. The Morgan fingerprint density at radius 2 is 1.83 bits per heavy atom. The second-order valence-corrected chi connectivity index (χ2v) is 8.82. The number of aryl methyl sites for hydroxylation is 1. The molecule has 0 N–H and O–H groups in total. The monoisotopic (exact) mass is 487 g/mol. The van der Waals surface area contributed by atoms with Gasteiger partial charge in [-0.3, -0.25) is 4.79 Å². The number of fused-ring (bicyclic) bond motifs is 3. The summed E-state index contributed by atoms with van der Waals surface area (Å²) in [5.41, 5.74) is 0.329. The molecule has 7 nitrogen and oxygen atoms in total. The number of amides is 1. The van der Waals surface area contributed by atoms with Crippen molar-refractivity contribution >= 4 is 5.91 Å². The number of piperidine rings is 2. The van der Waals surface area contributed by atoms with E-state index in [0.717, 1.165) is 31.1 Å². The molecule has 1 saturated carbocycles. The van der Waals surface area contributed by atoms with Gasteiger partial charge >= 0.3 is 6.18 Å². The van der Waals surface area contributed by atoms with Gasteiger partial charge in [-0.05, 0) is 50.3 Å². The standard InChI is InChI=1S/C24H21F4N5O2/c1-13-2-5-17(22-30-10-16(25)11-31-22)21(32-13)23(34)33-12-14-3-6-18(33)19(8-14)35-20-7-4-15(9-29-20)24(26,27)28/h2,4-5,7,9-11,14,18-19H,3,6,8,12H2,1H3/t14-,18+,19-/m1/s1. The normalized spacial score (nSPS) is 21.7. The van der Waals surface area contributed by atoms with Crippen molar-refractivity contribution in [2.45, 2.75) is 44.5 Å². The lowest BCUT2D eigenvalue weighted by molar-refractivity contribution is -0.137. The number of hydrogen-bond acceptors (Lipinski definition) is 6. The summed E-state index contributed by atoms with van der Waals surface area (Å²) >= 11 is 0. The van der Waals surface area contributed by atoms with Crippen LogP contribution in [-0.4, -0.2) is 49.4 Å². The molecular weight excluding hydrogens is 466 g/mol. The Balaban J connectivity index is 1.40. The van der Waals surface area contributed by atoms with Crippen molar-refractivity contribution in [3.63, 3.8) is 0 Å². The molecule has 0 radical (unpaired) electrons. The number of pyridine rings is 2. The summed E-state index contributed by atoms with van der Waals surface area (Å²) in [6.07, 6.45) is 0.189. The number of rotatable bonds is 4. The van der Waals surface area contributed by atoms with Crippen LogP contribution in [0.1, 0.15) is 41.0 Å². The van der Waals surface area contributed by atoms with Gasteiger partial charge < -0.3 is 9.64 Å². The van der Waals surface area contributed by atoms with E-state index in [1.807, 2.05) is 0 Å². The minimum atomic E-state index is -4.48. The summed E-state index contributed by atoms with van der Waals surface area (Å²) in [5.74, 6) is -0.464. The zero-order valence-corrected chi connectivity index (χ0v) is 18.7. The van der Waals surface area contributed by atoms with Crippen molar-refractivity contribution in [1.82, 2.24) is 24.8 Å². The number of alkyl halides is 3. The summed E-state index contributed by atoms with van der Waals surface area (Å²) in [6.45, 7) is 2.28. The zero-order valence-electron chi connectivity index (χ0n) is 18.7. The number of carbonyl (C=O) groups excluding carboxylic acids is 1. The van der Waals surface area contributed by atoms with Gasteiger partial charge in [-0.2, -0.15) is 13.2 Å². The van der Waals surface area contributed by atoms with Gasteiger partial charge in [0, 0.05) is 24.5 Å². The summed E-state index contributed by atoms with van der Waals surface area (Å²) in [5, 5.41) is 0. The number of aromatic nitrogens is 4. The van der Waals surface area contributed by atoms with E-state index >= 15 is 0 Å². The number of halogens is 4. The fourth-order valence-corrected chi connectivity index (χ4v) is 4.75. The summed E-state index contributed by atoms with van der Waals surface area (Å²) in [7, 11) is 0. The first-order valence-electron chi connectivity index (χ1n) is 11.2. The fourth-order valence-electron chi connectivity index (χ4n) is 4.75. The topological polar surface area (TPSA) is 81.1 Å². The van der Waals surface area contributed by atoms with E-state index < -0.39 is 23.7 Å². The Kier molecular flexibility index (Phi) is 5.86. The van der Waals surface area contributed by atoms with Gasteiger partial charge in [0.05, 0.1) is 29.6 Å². The van der Waals surface area contributed by atoms with Crippen LogP contribution in [0, 0.1) is 18.7 Å². The second kappa shape index (κ2) is 8.86. The van der Waals surface area contributed by atoms with Crippen molar-refractivity contribution in [3.05, 3.63) is 65.6 Å². The third-order valence-corrected chi connectivity index (χ3v) is 6.42. The van der Waals surface area contributed by atoms with Crippen LogP contribution < -0.4 is 4.74 Å². The Morgan fingerprint density at radius 1 is 1.06 bits per heavy atom. The van der Waals surface area contributed by atoms with Crippen molar-refractivity contribution in [3.8, 4) is 17.3 Å². The highest BCUT2D eigenvalue weighted by Gasteiger charge is 2.45. The molecule has 5 heterocycles. The maximum atomic E-state index is 13.7. The van der Waals surface area contributed by atoms with Crippen molar-refractivity contribution < 1.29 is 27.1 Å². The quantitative estimate of drug-likeness (QED) is 0.505. The van der Waals surface area contributed by atoms with E-state index in [1.165, 1.54) is 6.07 Å². The summed E-state index contributed by atoms with van der Waals surface area (Å²) in [4.78, 5) is 31.7. The predicted octanol–water partition coefficient (Wildman–Crippen LogP) is 4.47. The third-order valence-electron chi connectivity index (χ3n) is 6.42. The lowest BCUT2D eigenvalue weighted by atomic mass is 9.77. The van der Waals surface area contributed by atoms with Crippen LogP contribution in [0.2, 0.25) is 0 Å². The molecule has 3 aromatic heterocycles. The molecule has 182 valence electrons. The molecule has 0 spiro atoms. The van der Waals surface area contributed by atoms with Gasteiger partial charge in [-0.25, -0.2) is 24.3 Å². The molecule has 3 atom stereocenters. The molecular formula is C24H21F4N5O2. The first kappa shape index (κ1) is 23.1. The van der Waals surface area contributed by atoms with Crippen LogP contribution in [0.4, 0.5) is 17.6 Å². The van der Waals surface area contributed by atoms with Crippen LogP contribution in [-0.2, 0) is 6.18 Å². The van der Waals surface area contributed by atoms with Gasteiger partial charge in [-0.15, -0.1) is 0 Å². The number of ether oxygens (including phenoxy) is 1. The van der Waals surface area contributed by atoms with E-state index in [-0.39, 0.29) is 35.3 Å². The number of carbonyl (C=O) groups is 1. The Bertz CT molecular complexity index is 1230. The molecule has 0 unspecified atom stereocenters. The van der Waals surface area contributed by atoms with E-state index in [2.05, 4.69) is 19.9 Å². The first-order chi connectivity index (χ1) is 16.7. The average molecular weight is 487 g/mol. The summed E-state index contributed by atoms with van der Waals surface area (Å²) < 4.78 is 57.8. The number of hydrogen-bond donors (Lipinski definition) is 0. The fraction of sp³-hybridized carbons (Fsp3) is 0.375. The Hall–Kier alpha value is -3.63. The second-order valence-electron chi connectivity index (χ2n) is 8.82. The Morgan fingerprint density at radius 3 is 2.49 bits per heavy atom. The molecule has 2 aliphatic heterocycles. The molecule has 0 aromatic carbocycles. The van der Waals surface area contributed by atoms with E-state index in [4.69, 9.17) is 4.74 Å². The molecule has 11 heteroatoms. The zero-order chi connectivity index (χ0) is 24.7. The van der Waals surface area contributed by atoms with Crippen LogP contribution >= 0.6 is 0 Å². The minimum absolute atomic E-state index is 0.0806. The SMILES string of the molecule is Cc1ccc(-c2ncc(F)cn2)c(C(=O)N2C[C@@H]3CC[C@H]2[C@H](Oc2ccc(C(F)(F)F)cn2)C3)n1. The van der Waals surface area contributed by atoms with E-state index in [9.17, 15) is 22.4 Å². The highest BCUT2D eigenvalue weighted by Crippen LogP contribution is 2.38. The maximum absolute atomic E-state index is 13.7. The van der Waals surface area contributed by atoms with Gasteiger partial charge in [0.1, 0.15) is 11.8 Å². The molecule has 6 rings (SSSR count). The lowest BCUT2D eigenvalue weighted by Crippen LogP contribution is -2.59. The molecule has 3 aromatic rings. The van der Waals surface area contributed by atoms with Gasteiger partial charge in [0.2, 0.25) is 5.88 Å². The molecule has 2 saturated heterocycles. The summed E-state index contributed by atoms with van der Waals surface area (Å²) in [6, 6.07) is 5.25. The number of nitrogens with zero attached hydrogens (tertiary/aromatic N) is 5. The maximum Gasteiger partial charge on any atom is 0.417 e. The molecule has 1 amide bonds. The van der Waals surface area contributed by atoms with Crippen LogP contribution in [0.15, 0.2) is 42.9 Å². The highest BCUT2D eigenvalue weighted by molar-refractivity contribution is 5.98. The van der Waals surface area contributed by atoms with Crippen LogP contribution in [0.25, 0.3) is 11.4 Å². The van der Waals surface area contributed by atoms with Crippen LogP contribution in [0.5, 0.6) is 5.88 Å². The smallest absolute Gasteiger partial charge is 0.417 e. The van der Waals surface area contributed by atoms with Crippen molar-refractivity contribution in [2.75, 3.05) is 6.54 Å². The third kappa shape index (κ3) is 4.67. The first-order valence-corrected chi connectivity index (χ1v) is 11.2. The van der Waals surface area contributed by atoms with Crippen LogP contribution in [0.3, 0.4) is 0 Å². The van der Waals surface area contributed by atoms with Crippen molar-refractivity contribution in [1.29, 1.82) is 0 Å². The average Bonchev–Trinajstić information content (AvgIpc) is 2.84. The largest absolute Gasteiger partial charge is 0.472 e. The highest BCUT2D eigenvalue weighted by atomic mass is 19.4. The lowest BCUT2D eigenvalue weighted by Gasteiger charge is -2.49. The minimum Gasteiger partial charge on any atom is -0.472 e. The molecule has 3 fully saturated rings. The Labute approximate surface area is 198 Å². The van der Waals surface area contributed by atoms with Gasteiger partial charge in [0.25, 0.3) is 5.91 Å². The van der Waals surface area contributed by atoms with Crippen molar-refractivity contribution in [2.24, 2.45) is 5.92 Å². The van der Waals surface area contributed by atoms with E-state index in [0.29, 0.717) is 30.6 Å².